The van der Waals surface area contributed by atoms with E-state index >= 15 is 0 Å². The summed E-state index contributed by atoms with van der Waals surface area (Å²) in [4.78, 5) is 15.9. The molecule has 2 N–H and O–H groups in total. The highest BCUT2D eigenvalue weighted by Gasteiger charge is 2.27. The summed E-state index contributed by atoms with van der Waals surface area (Å²) >= 11 is 0. The van der Waals surface area contributed by atoms with Gasteiger partial charge in [0, 0.05) is 38.8 Å². The van der Waals surface area contributed by atoms with Crippen molar-refractivity contribution in [2.24, 2.45) is 0 Å². The fourth-order valence-electron chi connectivity index (χ4n) is 3.31. The Morgan fingerprint density at radius 1 is 0.968 bits per heavy atom. The highest BCUT2D eigenvalue weighted by Crippen LogP contribution is 2.19. The van der Waals surface area contributed by atoms with Crippen molar-refractivity contribution < 1.29 is 21.3 Å². The second-order valence-corrected chi connectivity index (χ2v) is 11.1. The number of rotatable bonds is 6. The number of piperazine rings is 1. The van der Waals surface area contributed by atoms with E-state index in [0.717, 1.165) is 0 Å². The second-order valence-electron chi connectivity index (χ2n) is 7.35. The van der Waals surface area contributed by atoms with Gasteiger partial charge in [0.2, 0.25) is 20.0 Å². The average Bonchev–Trinajstić information content (AvgIpc) is 3.12. The molecule has 0 unspecified atom stereocenters. The number of hydrogen-bond donors (Lipinski definition) is 2. The van der Waals surface area contributed by atoms with Crippen LogP contribution in [0.5, 0.6) is 0 Å². The van der Waals surface area contributed by atoms with Crippen LogP contribution in [0.15, 0.2) is 61.5 Å². The SMILES string of the molecule is CN1CCN(S(=O)(=O)c2ccc(CNS(=O)(=O)c3ccc4[nH]c(=O)oc4c3)cc2)CC1. The summed E-state index contributed by atoms with van der Waals surface area (Å²) in [6.45, 7) is 2.21. The zero-order valence-electron chi connectivity index (χ0n) is 16.7. The van der Waals surface area contributed by atoms with Crippen molar-refractivity contribution >= 4 is 31.1 Å². The number of fused-ring (bicyclic) bond motifs is 1. The molecule has 1 aliphatic heterocycles. The first-order valence-electron chi connectivity index (χ1n) is 9.55. The number of likely N-dealkylation sites (N-methyl/N-ethyl adjacent to an activating group) is 1. The molecule has 0 spiro atoms. The highest BCUT2D eigenvalue weighted by atomic mass is 32.2. The van der Waals surface area contributed by atoms with Gasteiger partial charge in [-0.05, 0) is 36.9 Å². The minimum absolute atomic E-state index is 0.0215. The Bertz CT molecular complexity index is 1350. The predicted octanol–water partition coefficient (Wildman–Crippen LogP) is 0.536. The summed E-state index contributed by atoms with van der Waals surface area (Å²) < 4.78 is 59.5. The number of oxazole rings is 1. The third-order valence-corrected chi connectivity index (χ3v) is 8.50. The first-order chi connectivity index (χ1) is 14.6. The van der Waals surface area contributed by atoms with E-state index < -0.39 is 25.8 Å². The molecule has 0 radical (unpaired) electrons. The summed E-state index contributed by atoms with van der Waals surface area (Å²) in [6.07, 6.45) is 0. The van der Waals surface area contributed by atoms with Gasteiger partial charge in [-0.3, -0.25) is 4.98 Å². The Morgan fingerprint density at radius 3 is 2.29 bits per heavy atom. The summed E-state index contributed by atoms with van der Waals surface area (Å²) in [7, 11) is -5.49. The zero-order valence-corrected chi connectivity index (χ0v) is 18.4. The highest BCUT2D eigenvalue weighted by molar-refractivity contribution is 7.89. The maximum atomic E-state index is 12.8. The molecule has 1 aliphatic rings. The van der Waals surface area contributed by atoms with Crippen LogP contribution < -0.4 is 10.5 Å². The van der Waals surface area contributed by atoms with Crippen LogP contribution in [0.1, 0.15) is 5.56 Å². The molecule has 31 heavy (non-hydrogen) atoms. The molecule has 1 saturated heterocycles. The van der Waals surface area contributed by atoms with Crippen LogP contribution in [0.3, 0.4) is 0 Å². The van der Waals surface area contributed by atoms with Crippen LogP contribution in [0.4, 0.5) is 0 Å². The Balaban J connectivity index is 1.45. The van der Waals surface area contributed by atoms with Gasteiger partial charge in [-0.15, -0.1) is 0 Å². The Hall–Kier alpha value is -2.51. The van der Waals surface area contributed by atoms with Crippen molar-refractivity contribution in [2.75, 3.05) is 33.2 Å². The lowest BCUT2D eigenvalue weighted by atomic mass is 10.2. The van der Waals surface area contributed by atoms with Gasteiger partial charge in [-0.2, -0.15) is 4.31 Å². The first-order valence-corrected chi connectivity index (χ1v) is 12.5. The number of H-pyrrole nitrogens is 1. The smallest absolute Gasteiger partial charge is 0.408 e. The maximum Gasteiger partial charge on any atom is 0.417 e. The van der Waals surface area contributed by atoms with Gasteiger partial charge < -0.3 is 9.32 Å². The second kappa shape index (κ2) is 8.20. The van der Waals surface area contributed by atoms with Crippen LogP contribution in [-0.2, 0) is 26.6 Å². The molecule has 1 aromatic heterocycles. The third kappa shape index (κ3) is 4.57. The van der Waals surface area contributed by atoms with E-state index in [2.05, 4.69) is 14.6 Å². The minimum Gasteiger partial charge on any atom is -0.408 e. The van der Waals surface area contributed by atoms with E-state index in [9.17, 15) is 21.6 Å². The fraction of sp³-hybridized carbons (Fsp3) is 0.316. The molecule has 0 atom stereocenters. The van der Waals surface area contributed by atoms with Crippen LogP contribution >= 0.6 is 0 Å². The van der Waals surface area contributed by atoms with Gasteiger partial charge >= 0.3 is 5.76 Å². The van der Waals surface area contributed by atoms with Gasteiger partial charge in [0.25, 0.3) is 0 Å². The van der Waals surface area contributed by atoms with E-state index in [4.69, 9.17) is 4.42 Å². The van der Waals surface area contributed by atoms with Gasteiger partial charge in [0.1, 0.15) is 0 Å². The Labute approximate surface area is 179 Å². The number of hydrogen-bond acceptors (Lipinski definition) is 7. The van der Waals surface area contributed by atoms with Crippen LogP contribution in [-0.4, -0.2) is 64.3 Å². The molecule has 2 heterocycles. The van der Waals surface area contributed by atoms with Crippen molar-refractivity contribution in [3.63, 3.8) is 0 Å². The number of aromatic nitrogens is 1. The van der Waals surface area contributed by atoms with Crippen LogP contribution in [0.2, 0.25) is 0 Å². The fourth-order valence-corrected chi connectivity index (χ4v) is 5.77. The standard InChI is InChI=1S/C19H22N4O6S2/c1-22-8-10-23(11-9-22)31(27,28)15-4-2-14(3-5-15)13-20-30(25,26)16-6-7-17-18(12-16)29-19(24)21-17/h2-7,12,20H,8-11,13H2,1H3,(H,21,24). The predicted molar refractivity (Wildman–Crippen MR) is 114 cm³/mol. The van der Waals surface area contributed by atoms with Crippen molar-refractivity contribution in [2.45, 2.75) is 16.3 Å². The van der Waals surface area contributed by atoms with Crippen molar-refractivity contribution in [3.05, 3.63) is 58.6 Å². The number of aromatic amines is 1. The third-order valence-electron chi connectivity index (χ3n) is 5.19. The summed E-state index contributed by atoms with van der Waals surface area (Å²) in [5, 5.41) is 0. The number of nitrogens with one attached hydrogen (secondary N) is 2. The number of nitrogens with zero attached hydrogens (tertiary/aromatic N) is 2. The average molecular weight is 467 g/mol. The largest absolute Gasteiger partial charge is 0.417 e. The van der Waals surface area contributed by atoms with Gasteiger partial charge in [-0.25, -0.2) is 26.4 Å². The number of sulfonamides is 2. The molecule has 12 heteroatoms. The van der Waals surface area contributed by atoms with Crippen LogP contribution in [0.25, 0.3) is 11.1 Å². The molecule has 3 aromatic rings. The van der Waals surface area contributed by atoms with Gasteiger partial charge in [0.05, 0.1) is 15.3 Å². The van der Waals surface area contributed by atoms with Crippen molar-refractivity contribution in [3.8, 4) is 0 Å². The zero-order chi connectivity index (χ0) is 22.2. The van der Waals surface area contributed by atoms with Gasteiger partial charge in [0.15, 0.2) is 5.58 Å². The maximum absolute atomic E-state index is 12.8. The number of benzene rings is 2. The molecule has 0 saturated carbocycles. The molecule has 2 aromatic carbocycles. The summed E-state index contributed by atoms with van der Waals surface area (Å²) in [5.74, 6) is -0.663. The van der Waals surface area contributed by atoms with Crippen molar-refractivity contribution in [1.82, 2.24) is 18.9 Å². The monoisotopic (exact) mass is 466 g/mol. The minimum atomic E-state index is -3.86. The molecular formula is C19H22N4O6S2. The van der Waals surface area contributed by atoms with Gasteiger partial charge in [-0.1, -0.05) is 12.1 Å². The lowest BCUT2D eigenvalue weighted by Gasteiger charge is -2.31. The molecule has 0 amide bonds. The van der Waals surface area contributed by atoms with Crippen molar-refractivity contribution in [1.29, 1.82) is 0 Å². The lowest BCUT2D eigenvalue weighted by Crippen LogP contribution is -2.47. The normalized spacial score (nSPS) is 16.7. The molecule has 4 rings (SSSR count). The Kier molecular flexibility index (Phi) is 5.75. The first kappa shape index (κ1) is 21.7. The van der Waals surface area contributed by atoms with E-state index in [1.54, 1.807) is 12.1 Å². The summed E-state index contributed by atoms with van der Waals surface area (Å²) in [6, 6.07) is 10.2. The molecule has 0 aliphatic carbocycles. The lowest BCUT2D eigenvalue weighted by molar-refractivity contribution is 0.222. The molecular weight excluding hydrogens is 444 g/mol. The molecule has 1 fully saturated rings. The van der Waals surface area contributed by atoms with Crippen LogP contribution in [0, 0.1) is 0 Å². The summed E-state index contributed by atoms with van der Waals surface area (Å²) in [5.41, 5.74) is 1.16. The molecule has 166 valence electrons. The quantitative estimate of drug-likeness (QED) is 0.542. The Morgan fingerprint density at radius 2 is 1.61 bits per heavy atom. The molecule has 10 nitrogen and oxygen atoms in total. The van der Waals surface area contributed by atoms with E-state index in [-0.39, 0.29) is 21.9 Å². The topological polar surface area (TPSA) is 133 Å². The van der Waals surface area contributed by atoms with E-state index in [1.165, 1.54) is 34.6 Å². The molecule has 0 bridgehead atoms. The van der Waals surface area contributed by atoms with E-state index in [1.807, 2.05) is 7.05 Å². The van der Waals surface area contributed by atoms with E-state index in [0.29, 0.717) is 37.3 Å².